The first-order valence-electron chi connectivity index (χ1n) is 6.07. The first-order valence-corrected chi connectivity index (χ1v) is 6.07. The Kier molecular flexibility index (Phi) is 4.25. The van der Waals surface area contributed by atoms with Crippen molar-refractivity contribution in [2.24, 2.45) is 0 Å². The molecule has 0 atom stereocenters. The van der Waals surface area contributed by atoms with Gasteiger partial charge in [-0.25, -0.2) is 4.79 Å². The van der Waals surface area contributed by atoms with Crippen LogP contribution in [0.5, 0.6) is 11.5 Å². The largest absolute Gasteiger partial charge is 0.573 e. The molecule has 7 heteroatoms. The first-order chi connectivity index (χ1) is 10.3. The lowest BCUT2D eigenvalue weighted by Gasteiger charge is -2.10. The Morgan fingerprint density at radius 1 is 1.05 bits per heavy atom. The summed E-state index contributed by atoms with van der Waals surface area (Å²) in [4.78, 5) is 11.5. The zero-order valence-corrected chi connectivity index (χ0v) is 11.3. The number of hydrogen-bond donors (Lipinski definition) is 1. The van der Waals surface area contributed by atoms with Crippen molar-refractivity contribution >= 4 is 5.97 Å². The standard InChI is InChI=1S/C15H11F3O4/c1-21-14(20)12-8-10(4-7-13(12)19)9-2-5-11(6-3-9)22-15(16,17)18/h2-8,19H,1H3. The minimum absolute atomic E-state index is 0.0318. The van der Waals surface area contributed by atoms with E-state index in [0.29, 0.717) is 11.1 Å². The van der Waals surface area contributed by atoms with Crippen LogP contribution in [0.2, 0.25) is 0 Å². The number of esters is 1. The number of phenolic OH excluding ortho intramolecular Hbond substituents is 1. The molecule has 0 aliphatic carbocycles. The summed E-state index contributed by atoms with van der Waals surface area (Å²) in [5.41, 5.74) is 1.06. The molecule has 0 aromatic heterocycles. The van der Waals surface area contributed by atoms with E-state index < -0.39 is 12.3 Å². The predicted octanol–water partition coefficient (Wildman–Crippen LogP) is 3.74. The van der Waals surface area contributed by atoms with Crippen LogP contribution < -0.4 is 4.74 Å². The molecule has 0 bridgehead atoms. The number of aromatic hydroxyl groups is 1. The van der Waals surface area contributed by atoms with Crippen LogP contribution in [0.3, 0.4) is 0 Å². The highest BCUT2D eigenvalue weighted by Gasteiger charge is 2.30. The molecular weight excluding hydrogens is 301 g/mol. The molecule has 2 aromatic rings. The highest BCUT2D eigenvalue weighted by Crippen LogP contribution is 2.29. The minimum Gasteiger partial charge on any atom is -0.507 e. The lowest BCUT2D eigenvalue weighted by Crippen LogP contribution is -2.16. The number of alkyl halides is 3. The molecule has 0 unspecified atom stereocenters. The fraction of sp³-hybridized carbons (Fsp3) is 0.133. The Hall–Kier alpha value is -2.70. The van der Waals surface area contributed by atoms with Crippen molar-refractivity contribution in [1.29, 1.82) is 0 Å². The van der Waals surface area contributed by atoms with Gasteiger partial charge in [0.2, 0.25) is 0 Å². The fourth-order valence-electron chi connectivity index (χ4n) is 1.84. The van der Waals surface area contributed by atoms with E-state index in [1.165, 1.54) is 37.4 Å². The Bertz CT molecular complexity index is 678. The third-order valence-corrected chi connectivity index (χ3v) is 2.82. The average Bonchev–Trinajstić information content (AvgIpc) is 2.46. The first kappa shape index (κ1) is 15.7. The van der Waals surface area contributed by atoms with Gasteiger partial charge < -0.3 is 14.6 Å². The van der Waals surface area contributed by atoms with Gasteiger partial charge in [-0.05, 0) is 35.4 Å². The van der Waals surface area contributed by atoms with Crippen molar-refractivity contribution in [3.05, 3.63) is 48.0 Å². The quantitative estimate of drug-likeness (QED) is 0.877. The van der Waals surface area contributed by atoms with Crippen molar-refractivity contribution in [3.63, 3.8) is 0 Å². The van der Waals surface area contributed by atoms with Crippen molar-refractivity contribution in [3.8, 4) is 22.6 Å². The van der Waals surface area contributed by atoms with Gasteiger partial charge in [0.1, 0.15) is 17.1 Å². The summed E-state index contributed by atoms with van der Waals surface area (Å²) in [6, 6.07) is 9.37. The molecule has 0 fully saturated rings. The number of ether oxygens (including phenoxy) is 2. The smallest absolute Gasteiger partial charge is 0.507 e. The van der Waals surface area contributed by atoms with E-state index in [1.807, 2.05) is 0 Å². The van der Waals surface area contributed by atoms with Crippen LogP contribution in [0.4, 0.5) is 13.2 Å². The van der Waals surface area contributed by atoms with Crippen molar-refractivity contribution < 1.29 is 32.5 Å². The van der Waals surface area contributed by atoms with Gasteiger partial charge in [0, 0.05) is 0 Å². The normalized spacial score (nSPS) is 11.1. The molecule has 2 aromatic carbocycles. The Morgan fingerprint density at radius 3 is 2.18 bits per heavy atom. The van der Waals surface area contributed by atoms with E-state index >= 15 is 0 Å². The highest BCUT2D eigenvalue weighted by molar-refractivity contribution is 5.94. The summed E-state index contributed by atoms with van der Waals surface area (Å²) in [5.74, 6) is -1.30. The van der Waals surface area contributed by atoms with Gasteiger partial charge in [-0.2, -0.15) is 0 Å². The number of halogens is 3. The molecule has 116 valence electrons. The van der Waals surface area contributed by atoms with Gasteiger partial charge in [0.25, 0.3) is 0 Å². The maximum Gasteiger partial charge on any atom is 0.573 e. The molecule has 0 aliphatic rings. The summed E-state index contributed by atoms with van der Waals surface area (Å²) in [7, 11) is 1.18. The van der Waals surface area contributed by atoms with Gasteiger partial charge in [-0.3, -0.25) is 0 Å². The average molecular weight is 312 g/mol. The number of carbonyl (C=O) groups is 1. The molecule has 22 heavy (non-hydrogen) atoms. The monoisotopic (exact) mass is 312 g/mol. The molecule has 0 saturated heterocycles. The van der Waals surface area contributed by atoms with Crippen molar-refractivity contribution in [2.45, 2.75) is 6.36 Å². The molecule has 1 N–H and O–H groups in total. The van der Waals surface area contributed by atoms with E-state index in [1.54, 1.807) is 0 Å². The maximum absolute atomic E-state index is 12.1. The van der Waals surface area contributed by atoms with Crippen molar-refractivity contribution in [2.75, 3.05) is 7.11 Å². The lowest BCUT2D eigenvalue weighted by atomic mass is 10.0. The number of phenols is 1. The lowest BCUT2D eigenvalue weighted by molar-refractivity contribution is -0.274. The molecule has 0 aliphatic heterocycles. The second kappa shape index (κ2) is 5.97. The van der Waals surface area contributed by atoms with E-state index in [-0.39, 0.29) is 17.1 Å². The summed E-state index contributed by atoms with van der Waals surface area (Å²) < 4.78 is 44.6. The van der Waals surface area contributed by atoms with Crippen LogP contribution in [0.1, 0.15) is 10.4 Å². The van der Waals surface area contributed by atoms with Gasteiger partial charge in [0.15, 0.2) is 0 Å². The Labute approximate surface area is 123 Å². The number of rotatable bonds is 3. The second-order valence-corrected chi connectivity index (χ2v) is 4.30. The third kappa shape index (κ3) is 3.69. The van der Waals surface area contributed by atoms with Crippen LogP contribution in [-0.4, -0.2) is 24.5 Å². The van der Waals surface area contributed by atoms with Gasteiger partial charge in [-0.15, -0.1) is 13.2 Å². The zero-order valence-electron chi connectivity index (χ0n) is 11.3. The molecule has 0 spiro atoms. The molecule has 0 heterocycles. The summed E-state index contributed by atoms with van der Waals surface area (Å²) >= 11 is 0. The van der Waals surface area contributed by atoms with E-state index in [9.17, 15) is 23.1 Å². The molecule has 0 amide bonds. The predicted molar refractivity (Wildman–Crippen MR) is 71.6 cm³/mol. The van der Waals surface area contributed by atoms with Crippen LogP contribution in [0.25, 0.3) is 11.1 Å². The van der Waals surface area contributed by atoms with Crippen molar-refractivity contribution in [1.82, 2.24) is 0 Å². The number of methoxy groups -OCH3 is 1. The van der Waals surface area contributed by atoms with E-state index in [0.717, 1.165) is 12.1 Å². The van der Waals surface area contributed by atoms with Gasteiger partial charge in [0.05, 0.1) is 7.11 Å². The van der Waals surface area contributed by atoms with Crippen LogP contribution in [-0.2, 0) is 4.74 Å². The highest BCUT2D eigenvalue weighted by atomic mass is 19.4. The molecular formula is C15H11F3O4. The molecule has 0 saturated carbocycles. The minimum atomic E-state index is -4.75. The van der Waals surface area contributed by atoms with E-state index in [4.69, 9.17) is 0 Å². The van der Waals surface area contributed by atoms with Crippen LogP contribution in [0.15, 0.2) is 42.5 Å². The molecule has 2 rings (SSSR count). The van der Waals surface area contributed by atoms with Gasteiger partial charge in [-0.1, -0.05) is 18.2 Å². The second-order valence-electron chi connectivity index (χ2n) is 4.30. The topological polar surface area (TPSA) is 55.8 Å². The number of carbonyl (C=O) groups excluding carboxylic acids is 1. The van der Waals surface area contributed by atoms with Crippen LogP contribution >= 0.6 is 0 Å². The summed E-state index contributed by atoms with van der Waals surface area (Å²) in [5, 5.41) is 9.61. The summed E-state index contributed by atoms with van der Waals surface area (Å²) in [6.07, 6.45) is -4.75. The summed E-state index contributed by atoms with van der Waals surface area (Å²) in [6.45, 7) is 0. The van der Waals surface area contributed by atoms with Gasteiger partial charge >= 0.3 is 12.3 Å². The SMILES string of the molecule is COC(=O)c1cc(-c2ccc(OC(F)(F)F)cc2)ccc1O. The third-order valence-electron chi connectivity index (χ3n) is 2.82. The molecule has 0 radical (unpaired) electrons. The fourth-order valence-corrected chi connectivity index (χ4v) is 1.84. The number of hydrogen-bond acceptors (Lipinski definition) is 4. The van der Waals surface area contributed by atoms with Crippen LogP contribution in [0, 0.1) is 0 Å². The number of benzene rings is 2. The Morgan fingerprint density at radius 2 is 1.64 bits per heavy atom. The molecule has 4 nitrogen and oxygen atoms in total. The van der Waals surface area contributed by atoms with E-state index in [2.05, 4.69) is 9.47 Å². The zero-order chi connectivity index (χ0) is 16.3. The Balaban J connectivity index is 2.31. The maximum atomic E-state index is 12.1.